The zero-order valence-corrected chi connectivity index (χ0v) is 18.6. The van der Waals surface area contributed by atoms with Crippen LogP contribution in [0.25, 0.3) is 33.2 Å². The maximum atomic E-state index is 13.6. The summed E-state index contributed by atoms with van der Waals surface area (Å²) in [5.74, 6) is -0.432. The average molecular weight is 461 g/mol. The lowest BCUT2D eigenvalue weighted by Gasteiger charge is -2.12. The van der Waals surface area contributed by atoms with Crippen LogP contribution in [0, 0.1) is 17.6 Å². The summed E-state index contributed by atoms with van der Waals surface area (Å²) in [6.07, 6.45) is 0.926. The van der Waals surface area contributed by atoms with Gasteiger partial charge in [0.05, 0.1) is 0 Å². The third kappa shape index (κ3) is 4.44. The number of carbonyl (C=O) groups excluding carboxylic acids is 1. The number of hydrogen-bond acceptors (Lipinski definition) is 3. The van der Waals surface area contributed by atoms with Gasteiger partial charge < -0.3 is 21.4 Å². The first-order chi connectivity index (χ1) is 16.5. The topological polar surface area (TPSA) is 82.9 Å². The van der Waals surface area contributed by atoms with Crippen LogP contribution in [-0.2, 0) is 0 Å². The van der Waals surface area contributed by atoms with Crippen molar-refractivity contribution in [3.05, 3.63) is 84.1 Å². The van der Waals surface area contributed by atoms with Gasteiger partial charge in [0.25, 0.3) is 5.91 Å². The molecule has 1 amide bonds. The fourth-order valence-corrected chi connectivity index (χ4v) is 4.65. The van der Waals surface area contributed by atoms with Crippen molar-refractivity contribution in [1.29, 1.82) is 0 Å². The first kappa shape index (κ1) is 22.3. The average Bonchev–Trinajstić information content (AvgIpc) is 3.48. The first-order valence-corrected chi connectivity index (χ1v) is 11.4. The third-order valence-corrected chi connectivity index (χ3v) is 6.49. The van der Waals surface area contributed by atoms with Crippen molar-refractivity contribution in [2.45, 2.75) is 12.5 Å². The molecule has 1 fully saturated rings. The van der Waals surface area contributed by atoms with Crippen LogP contribution >= 0.6 is 0 Å². The van der Waals surface area contributed by atoms with Crippen LogP contribution in [-0.4, -0.2) is 36.6 Å². The van der Waals surface area contributed by atoms with E-state index in [4.69, 9.17) is 5.73 Å². The summed E-state index contributed by atoms with van der Waals surface area (Å²) in [6, 6.07) is 18.4. The summed E-state index contributed by atoms with van der Waals surface area (Å²) in [5, 5.41) is 7.28. The predicted octanol–water partition coefficient (Wildman–Crippen LogP) is 4.45. The third-order valence-electron chi connectivity index (χ3n) is 6.49. The Morgan fingerprint density at radius 1 is 0.941 bits per heavy atom. The number of halogens is 2. The maximum absolute atomic E-state index is 13.6. The molecule has 4 aromatic rings. The molecule has 0 spiro atoms. The fraction of sp³-hybridized carbons (Fsp3) is 0.222. The van der Waals surface area contributed by atoms with Crippen molar-refractivity contribution in [3.8, 4) is 22.3 Å². The second-order valence-electron chi connectivity index (χ2n) is 8.80. The van der Waals surface area contributed by atoms with Gasteiger partial charge in [-0.05, 0) is 72.5 Å². The number of carbonyl (C=O) groups is 1. The highest BCUT2D eigenvalue weighted by Crippen LogP contribution is 2.35. The van der Waals surface area contributed by atoms with E-state index in [9.17, 15) is 13.6 Å². The lowest BCUT2D eigenvalue weighted by molar-refractivity contribution is 0.0946. The molecule has 0 saturated carbocycles. The molecular weight excluding hydrogens is 434 g/mol. The summed E-state index contributed by atoms with van der Waals surface area (Å²) < 4.78 is 26.9. The molecule has 5 nitrogen and oxygen atoms in total. The zero-order chi connectivity index (χ0) is 23.7. The lowest BCUT2D eigenvalue weighted by atomic mass is 9.99. The molecule has 1 aliphatic rings. The first-order valence-electron chi connectivity index (χ1n) is 11.4. The minimum atomic E-state index is -0.338. The molecular formula is C27H26F2N4O. The number of aromatic nitrogens is 1. The Bertz CT molecular complexity index is 1320. The molecule has 0 aliphatic carbocycles. The Hall–Kier alpha value is -3.55. The van der Waals surface area contributed by atoms with E-state index in [2.05, 4.69) is 15.6 Å². The van der Waals surface area contributed by atoms with Crippen LogP contribution in [0.4, 0.5) is 8.78 Å². The van der Waals surface area contributed by atoms with Gasteiger partial charge >= 0.3 is 0 Å². The number of fused-ring (bicyclic) bond motifs is 1. The number of nitrogens with one attached hydrogen (secondary N) is 3. The van der Waals surface area contributed by atoms with E-state index < -0.39 is 0 Å². The highest BCUT2D eigenvalue weighted by molar-refractivity contribution is 6.10. The number of H-pyrrole nitrogens is 1. The van der Waals surface area contributed by atoms with Crippen molar-refractivity contribution in [2.24, 2.45) is 11.7 Å². The van der Waals surface area contributed by atoms with Crippen LogP contribution in [0.15, 0.2) is 66.7 Å². The predicted molar refractivity (Wildman–Crippen MR) is 130 cm³/mol. The number of rotatable bonds is 6. The molecule has 0 radical (unpaired) electrons. The van der Waals surface area contributed by atoms with Crippen LogP contribution < -0.4 is 16.4 Å². The van der Waals surface area contributed by atoms with Gasteiger partial charge in [-0.1, -0.05) is 36.4 Å². The summed E-state index contributed by atoms with van der Waals surface area (Å²) in [6.45, 7) is 1.98. The van der Waals surface area contributed by atoms with Gasteiger partial charge in [-0.3, -0.25) is 4.79 Å². The molecule has 34 heavy (non-hydrogen) atoms. The SMILES string of the molecule is NC[C@H]1CN[C@H](CNC(=O)c2[nH]c3cc(-c4ccc(F)cc4)ccc3c2-c2ccc(F)cc2)C1. The maximum Gasteiger partial charge on any atom is 0.268 e. The number of benzene rings is 3. The van der Waals surface area contributed by atoms with E-state index >= 15 is 0 Å². The van der Waals surface area contributed by atoms with E-state index in [1.54, 1.807) is 24.3 Å². The summed E-state index contributed by atoms with van der Waals surface area (Å²) in [4.78, 5) is 16.5. The molecule has 5 rings (SSSR count). The number of hydrogen-bond donors (Lipinski definition) is 4. The van der Waals surface area contributed by atoms with E-state index in [-0.39, 0.29) is 23.6 Å². The van der Waals surface area contributed by atoms with Crippen LogP contribution in [0.2, 0.25) is 0 Å². The second kappa shape index (κ2) is 9.37. The Balaban J connectivity index is 1.50. The van der Waals surface area contributed by atoms with E-state index in [0.717, 1.165) is 46.1 Å². The standard InChI is InChI=1S/C27H26F2N4O/c28-20-6-1-17(2-7-20)19-5-10-23-24(12-19)33-26(25(23)18-3-8-21(29)9-4-18)27(34)32-15-22-11-16(13-30)14-31-22/h1-10,12,16,22,31,33H,11,13-15,30H2,(H,32,34)/t16-,22-/m0/s1. The molecule has 0 bridgehead atoms. The summed E-state index contributed by atoms with van der Waals surface area (Å²) >= 11 is 0. The van der Waals surface area contributed by atoms with Gasteiger partial charge in [0.2, 0.25) is 0 Å². The van der Waals surface area contributed by atoms with Crippen molar-refractivity contribution in [1.82, 2.24) is 15.6 Å². The van der Waals surface area contributed by atoms with Gasteiger partial charge in [-0.25, -0.2) is 8.78 Å². The van der Waals surface area contributed by atoms with Crippen LogP contribution in [0.5, 0.6) is 0 Å². The number of nitrogens with two attached hydrogens (primary N) is 1. The Morgan fingerprint density at radius 2 is 1.59 bits per heavy atom. The zero-order valence-electron chi connectivity index (χ0n) is 18.6. The quantitative estimate of drug-likeness (QED) is 0.343. The van der Waals surface area contributed by atoms with E-state index in [1.165, 1.54) is 24.3 Å². The molecule has 0 unspecified atom stereocenters. The minimum Gasteiger partial charge on any atom is -0.350 e. The van der Waals surface area contributed by atoms with Crippen LogP contribution in [0.3, 0.4) is 0 Å². The van der Waals surface area contributed by atoms with Gasteiger partial charge in [0.15, 0.2) is 0 Å². The molecule has 2 heterocycles. The monoisotopic (exact) mass is 460 g/mol. The molecule has 7 heteroatoms. The molecule has 174 valence electrons. The van der Waals surface area contributed by atoms with Crippen molar-refractivity contribution in [3.63, 3.8) is 0 Å². The summed E-state index contributed by atoms with van der Waals surface area (Å²) in [7, 11) is 0. The molecule has 1 aromatic heterocycles. The van der Waals surface area contributed by atoms with Crippen molar-refractivity contribution >= 4 is 16.8 Å². The molecule has 2 atom stereocenters. The van der Waals surface area contributed by atoms with Gasteiger partial charge in [-0.15, -0.1) is 0 Å². The molecule has 3 aromatic carbocycles. The smallest absolute Gasteiger partial charge is 0.268 e. The van der Waals surface area contributed by atoms with Crippen molar-refractivity contribution < 1.29 is 13.6 Å². The van der Waals surface area contributed by atoms with Crippen molar-refractivity contribution in [2.75, 3.05) is 19.6 Å². The number of aromatic amines is 1. The largest absolute Gasteiger partial charge is 0.350 e. The molecule has 5 N–H and O–H groups in total. The van der Waals surface area contributed by atoms with Crippen LogP contribution in [0.1, 0.15) is 16.9 Å². The van der Waals surface area contributed by atoms with E-state index in [0.29, 0.717) is 24.7 Å². The van der Waals surface area contributed by atoms with Gasteiger partial charge in [0.1, 0.15) is 17.3 Å². The normalized spacial score (nSPS) is 17.9. The fourth-order valence-electron chi connectivity index (χ4n) is 4.65. The highest BCUT2D eigenvalue weighted by atomic mass is 19.1. The Kier molecular flexibility index (Phi) is 6.13. The van der Waals surface area contributed by atoms with E-state index in [1.807, 2.05) is 18.2 Å². The second-order valence-corrected chi connectivity index (χ2v) is 8.80. The highest BCUT2D eigenvalue weighted by Gasteiger charge is 2.25. The summed E-state index contributed by atoms with van der Waals surface area (Å²) in [5.41, 5.74) is 10.2. The Morgan fingerprint density at radius 3 is 2.24 bits per heavy atom. The lowest BCUT2D eigenvalue weighted by Crippen LogP contribution is -2.37. The van der Waals surface area contributed by atoms with Gasteiger partial charge in [-0.2, -0.15) is 0 Å². The molecule has 1 saturated heterocycles. The van der Waals surface area contributed by atoms with Gasteiger partial charge in [0, 0.05) is 29.1 Å². The Labute approximate surface area is 196 Å². The minimum absolute atomic E-state index is 0.182. The number of amides is 1. The molecule has 1 aliphatic heterocycles.